The van der Waals surface area contributed by atoms with E-state index in [9.17, 15) is 4.79 Å². The molecule has 4 N–H and O–H groups in total. The highest BCUT2D eigenvalue weighted by Gasteiger charge is 2.02. The van der Waals surface area contributed by atoms with E-state index in [1.165, 1.54) is 7.11 Å². The minimum Gasteiger partial charge on any atom is -0.495 e. The summed E-state index contributed by atoms with van der Waals surface area (Å²) >= 11 is 0. The molecule has 0 aromatic heterocycles. The van der Waals surface area contributed by atoms with Gasteiger partial charge < -0.3 is 16.2 Å². The number of rotatable bonds is 3. The predicted octanol–water partition coefficient (Wildman–Crippen LogP) is 0.305. The molecule has 70 valence electrons. The van der Waals surface area contributed by atoms with Gasteiger partial charge in [-0.15, -0.1) is 0 Å². The zero-order valence-electron chi connectivity index (χ0n) is 7.41. The molecule has 1 aromatic carbocycles. The molecule has 0 aliphatic carbocycles. The smallest absolute Gasteiger partial charge is 0.221 e. The first-order valence-electron chi connectivity index (χ1n) is 3.84. The van der Waals surface area contributed by atoms with Crippen LogP contribution in [0.4, 0.5) is 5.69 Å². The van der Waals surface area contributed by atoms with Crippen LogP contribution in [-0.4, -0.2) is 13.0 Å². The van der Waals surface area contributed by atoms with Gasteiger partial charge in [-0.05, 0) is 17.7 Å². The second kappa shape index (κ2) is 3.80. The zero-order chi connectivity index (χ0) is 9.84. The molecule has 1 rings (SSSR count). The molecule has 0 radical (unpaired) electrons. The Balaban J connectivity index is 2.92. The van der Waals surface area contributed by atoms with Crippen molar-refractivity contribution >= 4 is 11.6 Å². The molecule has 0 unspecified atom stereocenters. The Bertz CT molecular complexity index is 323. The van der Waals surface area contributed by atoms with Gasteiger partial charge in [-0.25, -0.2) is 0 Å². The van der Waals surface area contributed by atoms with Crippen molar-refractivity contribution in [2.75, 3.05) is 12.8 Å². The van der Waals surface area contributed by atoms with Gasteiger partial charge in [-0.1, -0.05) is 6.07 Å². The first-order chi connectivity index (χ1) is 6.13. The normalized spacial score (nSPS) is 9.62. The Morgan fingerprint density at radius 1 is 1.54 bits per heavy atom. The maximum Gasteiger partial charge on any atom is 0.221 e. The van der Waals surface area contributed by atoms with Crippen LogP contribution in [0.2, 0.25) is 0 Å². The van der Waals surface area contributed by atoms with Gasteiger partial charge in [0.15, 0.2) is 0 Å². The van der Waals surface area contributed by atoms with E-state index in [0.29, 0.717) is 11.4 Å². The maximum atomic E-state index is 10.6. The molecule has 0 spiro atoms. The highest BCUT2D eigenvalue weighted by molar-refractivity contribution is 5.77. The van der Waals surface area contributed by atoms with Crippen molar-refractivity contribution in [3.8, 4) is 5.75 Å². The van der Waals surface area contributed by atoms with Gasteiger partial charge in [0.25, 0.3) is 0 Å². The number of carbonyl (C=O) groups is 1. The van der Waals surface area contributed by atoms with E-state index >= 15 is 0 Å². The average molecular weight is 180 g/mol. The third-order valence-corrected chi connectivity index (χ3v) is 1.68. The fraction of sp³-hybridized carbons (Fsp3) is 0.222. The number of methoxy groups -OCH3 is 1. The van der Waals surface area contributed by atoms with E-state index in [1.54, 1.807) is 18.2 Å². The van der Waals surface area contributed by atoms with Gasteiger partial charge in [0.2, 0.25) is 5.91 Å². The van der Waals surface area contributed by atoms with Gasteiger partial charge in [0.05, 0.1) is 19.2 Å². The summed E-state index contributed by atoms with van der Waals surface area (Å²) < 4.78 is 4.99. The monoisotopic (exact) mass is 180 g/mol. The number of hydrogen-bond donors (Lipinski definition) is 2. The van der Waals surface area contributed by atoms with Crippen LogP contribution in [0, 0.1) is 0 Å². The van der Waals surface area contributed by atoms with E-state index in [2.05, 4.69) is 0 Å². The van der Waals surface area contributed by atoms with Crippen LogP contribution in [0.15, 0.2) is 18.2 Å². The minimum atomic E-state index is -0.369. The molecular weight excluding hydrogens is 168 g/mol. The fourth-order valence-electron chi connectivity index (χ4n) is 1.07. The van der Waals surface area contributed by atoms with Crippen LogP contribution >= 0.6 is 0 Å². The second-order valence-electron chi connectivity index (χ2n) is 2.72. The molecule has 4 nitrogen and oxygen atoms in total. The lowest BCUT2D eigenvalue weighted by Crippen LogP contribution is -2.13. The minimum absolute atomic E-state index is 0.205. The first-order valence-corrected chi connectivity index (χ1v) is 3.84. The standard InChI is InChI=1S/C9H12N2O2/c1-13-8-4-6(5-9(11)12)2-3-7(8)10/h2-4H,5,10H2,1H3,(H2,11,12). The Kier molecular flexibility index (Phi) is 2.74. The quantitative estimate of drug-likeness (QED) is 0.657. The number of carbonyl (C=O) groups excluding carboxylic acids is 1. The van der Waals surface area contributed by atoms with Gasteiger partial charge in [0.1, 0.15) is 5.75 Å². The summed E-state index contributed by atoms with van der Waals surface area (Å²) in [5, 5.41) is 0. The molecule has 0 fully saturated rings. The van der Waals surface area contributed by atoms with Crippen molar-refractivity contribution in [3.05, 3.63) is 23.8 Å². The van der Waals surface area contributed by atoms with Crippen molar-refractivity contribution in [2.45, 2.75) is 6.42 Å². The van der Waals surface area contributed by atoms with Crippen LogP contribution in [0.3, 0.4) is 0 Å². The topological polar surface area (TPSA) is 78.3 Å². The lowest BCUT2D eigenvalue weighted by Gasteiger charge is -2.05. The van der Waals surface area contributed by atoms with Crippen molar-refractivity contribution in [1.29, 1.82) is 0 Å². The van der Waals surface area contributed by atoms with Crippen molar-refractivity contribution in [2.24, 2.45) is 5.73 Å². The Morgan fingerprint density at radius 3 is 2.77 bits per heavy atom. The van der Waals surface area contributed by atoms with Crippen LogP contribution in [-0.2, 0) is 11.2 Å². The van der Waals surface area contributed by atoms with E-state index in [-0.39, 0.29) is 12.3 Å². The molecule has 1 amide bonds. The SMILES string of the molecule is COc1cc(CC(N)=O)ccc1N. The Labute approximate surface area is 76.5 Å². The lowest BCUT2D eigenvalue weighted by molar-refractivity contribution is -0.117. The van der Waals surface area contributed by atoms with E-state index in [1.807, 2.05) is 0 Å². The van der Waals surface area contributed by atoms with Gasteiger partial charge in [-0.3, -0.25) is 4.79 Å². The van der Waals surface area contributed by atoms with Crippen molar-refractivity contribution in [1.82, 2.24) is 0 Å². The fourth-order valence-corrected chi connectivity index (χ4v) is 1.07. The third-order valence-electron chi connectivity index (χ3n) is 1.68. The number of benzene rings is 1. The Morgan fingerprint density at radius 2 is 2.23 bits per heavy atom. The molecule has 0 aliphatic heterocycles. The summed E-state index contributed by atoms with van der Waals surface area (Å²) in [6.45, 7) is 0. The summed E-state index contributed by atoms with van der Waals surface area (Å²) in [6, 6.07) is 5.15. The number of nitrogens with two attached hydrogens (primary N) is 2. The largest absolute Gasteiger partial charge is 0.495 e. The number of anilines is 1. The first kappa shape index (κ1) is 9.38. The number of hydrogen-bond acceptors (Lipinski definition) is 3. The number of nitrogen functional groups attached to an aromatic ring is 1. The van der Waals surface area contributed by atoms with Crippen molar-refractivity contribution < 1.29 is 9.53 Å². The second-order valence-corrected chi connectivity index (χ2v) is 2.72. The highest BCUT2D eigenvalue weighted by Crippen LogP contribution is 2.22. The van der Waals surface area contributed by atoms with Crippen LogP contribution in [0.1, 0.15) is 5.56 Å². The van der Waals surface area contributed by atoms with Crippen LogP contribution in [0.25, 0.3) is 0 Å². The number of primary amides is 1. The third kappa shape index (κ3) is 2.37. The van der Waals surface area contributed by atoms with Gasteiger partial charge in [-0.2, -0.15) is 0 Å². The molecule has 4 heteroatoms. The number of ether oxygens (including phenoxy) is 1. The molecule has 0 atom stereocenters. The van der Waals surface area contributed by atoms with Crippen molar-refractivity contribution in [3.63, 3.8) is 0 Å². The molecule has 0 aliphatic rings. The Hall–Kier alpha value is -1.71. The van der Waals surface area contributed by atoms with Gasteiger partial charge in [0, 0.05) is 0 Å². The summed E-state index contributed by atoms with van der Waals surface area (Å²) in [6.07, 6.45) is 0.205. The molecule has 0 bridgehead atoms. The lowest BCUT2D eigenvalue weighted by atomic mass is 10.1. The summed E-state index contributed by atoms with van der Waals surface area (Å²) in [5.74, 6) is 0.200. The molecule has 1 aromatic rings. The summed E-state index contributed by atoms with van der Waals surface area (Å²) in [4.78, 5) is 10.6. The summed E-state index contributed by atoms with van der Waals surface area (Å²) in [5.41, 5.74) is 12.0. The maximum absolute atomic E-state index is 10.6. The predicted molar refractivity (Wildman–Crippen MR) is 50.3 cm³/mol. The van der Waals surface area contributed by atoms with E-state index in [0.717, 1.165) is 5.56 Å². The molecule has 0 heterocycles. The molecular formula is C9H12N2O2. The zero-order valence-corrected chi connectivity index (χ0v) is 7.41. The van der Waals surface area contributed by atoms with E-state index in [4.69, 9.17) is 16.2 Å². The summed E-state index contributed by atoms with van der Waals surface area (Å²) in [7, 11) is 1.53. The number of amides is 1. The van der Waals surface area contributed by atoms with Gasteiger partial charge >= 0.3 is 0 Å². The molecule has 13 heavy (non-hydrogen) atoms. The molecule has 0 saturated carbocycles. The van der Waals surface area contributed by atoms with Crippen LogP contribution in [0.5, 0.6) is 5.75 Å². The average Bonchev–Trinajstić information content (AvgIpc) is 2.07. The van der Waals surface area contributed by atoms with E-state index < -0.39 is 0 Å². The molecule has 0 saturated heterocycles. The van der Waals surface area contributed by atoms with Crippen LogP contribution < -0.4 is 16.2 Å². The highest BCUT2D eigenvalue weighted by atomic mass is 16.5.